The Morgan fingerprint density at radius 2 is 1.87 bits per heavy atom. The lowest BCUT2D eigenvalue weighted by atomic mass is 10.2. The van der Waals surface area contributed by atoms with E-state index in [9.17, 15) is 14.0 Å². The fourth-order valence-electron chi connectivity index (χ4n) is 4.09. The molecule has 0 saturated heterocycles. The maximum atomic E-state index is 13.4. The molecule has 0 spiro atoms. The molecule has 0 amide bonds. The van der Waals surface area contributed by atoms with Gasteiger partial charge in [-0.2, -0.15) is 4.98 Å². The Morgan fingerprint density at radius 3 is 2.61 bits per heavy atom. The van der Waals surface area contributed by atoms with Gasteiger partial charge in [-0.05, 0) is 48.4 Å². The van der Waals surface area contributed by atoms with Gasteiger partial charge in [0.2, 0.25) is 5.95 Å². The van der Waals surface area contributed by atoms with Crippen molar-refractivity contribution in [3.63, 3.8) is 0 Å². The van der Waals surface area contributed by atoms with Gasteiger partial charge in [-0.3, -0.25) is 13.9 Å². The van der Waals surface area contributed by atoms with Crippen LogP contribution in [-0.2, 0) is 20.1 Å². The van der Waals surface area contributed by atoms with Crippen molar-refractivity contribution in [1.29, 1.82) is 0 Å². The lowest BCUT2D eigenvalue weighted by molar-refractivity contribution is 0.596. The van der Waals surface area contributed by atoms with Gasteiger partial charge in [-0.15, -0.1) is 0 Å². The zero-order chi connectivity index (χ0) is 21.7. The minimum absolute atomic E-state index is 0.115. The number of hydrogen-bond donors (Lipinski definition) is 0. The molecule has 0 unspecified atom stereocenters. The first-order valence-corrected chi connectivity index (χ1v) is 10.3. The molecule has 1 aliphatic heterocycles. The first-order chi connectivity index (χ1) is 14.9. The molecule has 0 fully saturated rings. The summed E-state index contributed by atoms with van der Waals surface area (Å²) in [6, 6.07) is 13.2. The second-order valence-corrected chi connectivity index (χ2v) is 8.02. The fraction of sp³-hybridized carbons (Fsp3) is 0.227. The highest BCUT2D eigenvalue weighted by Crippen LogP contribution is 2.31. The number of aryl methyl sites for hydroxylation is 2. The number of anilines is 2. The molecule has 158 valence electrons. The number of benzene rings is 2. The van der Waals surface area contributed by atoms with E-state index in [1.807, 2.05) is 15.5 Å². The Hall–Kier alpha value is -3.39. The van der Waals surface area contributed by atoms with Gasteiger partial charge in [-0.25, -0.2) is 9.18 Å². The minimum atomic E-state index is -0.443. The van der Waals surface area contributed by atoms with E-state index in [1.165, 1.54) is 21.3 Å². The van der Waals surface area contributed by atoms with Crippen molar-refractivity contribution in [2.45, 2.75) is 19.5 Å². The summed E-state index contributed by atoms with van der Waals surface area (Å²) in [5.74, 6) is 0.251. The van der Waals surface area contributed by atoms with Crippen molar-refractivity contribution in [3.8, 4) is 0 Å². The molecule has 4 aromatic rings. The van der Waals surface area contributed by atoms with Gasteiger partial charge in [0.25, 0.3) is 5.56 Å². The quantitative estimate of drug-likeness (QED) is 0.491. The lowest BCUT2D eigenvalue weighted by Gasteiger charge is -2.29. The van der Waals surface area contributed by atoms with Crippen molar-refractivity contribution in [1.82, 2.24) is 18.7 Å². The molecule has 0 N–H and O–H groups in total. The summed E-state index contributed by atoms with van der Waals surface area (Å²) in [4.78, 5) is 33.0. The molecule has 0 atom stereocenters. The molecule has 2 aromatic carbocycles. The van der Waals surface area contributed by atoms with Crippen molar-refractivity contribution in [2.24, 2.45) is 7.05 Å². The topological polar surface area (TPSA) is 65.1 Å². The number of halogens is 2. The van der Waals surface area contributed by atoms with Crippen LogP contribution in [0.5, 0.6) is 0 Å². The maximum absolute atomic E-state index is 13.4. The first kappa shape index (κ1) is 19.6. The van der Waals surface area contributed by atoms with E-state index in [1.54, 1.807) is 37.4 Å². The fourth-order valence-corrected chi connectivity index (χ4v) is 4.30. The summed E-state index contributed by atoms with van der Waals surface area (Å²) in [5.41, 5.74) is 1.42. The summed E-state index contributed by atoms with van der Waals surface area (Å²) >= 11 is 6.06. The Balaban J connectivity index is 1.69. The number of aromatic nitrogens is 4. The van der Waals surface area contributed by atoms with E-state index < -0.39 is 11.2 Å². The molecule has 1 aliphatic rings. The van der Waals surface area contributed by atoms with Crippen LogP contribution in [0.25, 0.3) is 11.2 Å². The van der Waals surface area contributed by atoms with Gasteiger partial charge in [-0.1, -0.05) is 23.7 Å². The second-order valence-electron chi connectivity index (χ2n) is 7.58. The van der Waals surface area contributed by atoms with Crippen LogP contribution in [0.3, 0.4) is 0 Å². The molecule has 0 aliphatic carbocycles. The Kier molecular flexibility index (Phi) is 4.66. The molecule has 9 heteroatoms. The summed E-state index contributed by atoms with van der Waals surface area (Å²) in [5, 5.41) is 0.542. The Labute approximate surface area is 181 Å². The lowest BCUT2D eigenvalue weighted by Crippen LogP contribution is -2.40. The number of imidazole rings is 1. The van der Waals surface area contributed by atoms with Crippen LogP contribution < -0.4 is 16.1 Å². The van der Waals surface area contributed by atoms with Gasteiger partial charge in [0.15, 0.2) is 11.2 Å². The highest BCUT2D eigenvalue weighted by atomic mass is 35.5. The highest BCUT2D eigenvalue weighted by molar-refractivity contribution is 6.30. The van der Waals surface area contributed by atoms with E-state index >= 15 is 0 Å². The number of nitrogens with zero attached hydrogens (tertiary/aromatic N) is 5. The third-order valence-corrected chi connectivity index (χ3v) is 5.82. The normalized spacial score (nSPS) is 13.6. The Bertz CT molecular complexity index is 1420. The van der Waals surface area contributed by atoms with E-state index in [4.69, 9.17) is 11.6 Å². The monoisotopic (exact) mass is 439 g/mol. The van der Waals surface area contributed by atoms with E-state index in [-0.39, 0.29) is 12.4 Å². The molecular weight excluding hydrogens is 421 g/mol. The predicted octanol–water partition coefficient (Wildman–Crippen LogP) is 3.28. The molecule has 3 heterocycles. The number of rotatable bonds is 3. The Morgan fingerprint density at radius 1 is 1.10 bits per heavy atom. The third kappa shape index (κ3) is 3.23. The van der Waals surface area contributed by atoms with Crippen LogP contribution in [0.1, 0.15) is 12.0 Å². The molecule has 2 aromatic heterocycles. The molecule has 31 heavy (non-hydrogen) atoms. The summed E-state index contributed by atoms with van der Waals surface area (Å²) in [6.07, 6.45) is 0.784. The average Bonchev–Trinajstić information content (AvgIpc) is 3.16. The first-order valence-electron chi connectivity index (χ1n) is 9.91. The van der Waals surface area contributed by atoms with Crippen molar-refractivity contribution in [2.75, 3.05) is 11.4 Å². The van der Waals surface area contributed by atoms with Crippen molar-refractivity contribution in [3.05, 3.63) is 85.8 Å². The summed E-state index contributed by atoms with van der Waals surface area (Å²) < 4.78 is 17.8. The molecule has 7 nitrogen and oxygen atoms in total. The highest BCUT2D eigenvalue weighted by Gasteiger charge is 2.27. The van der Waals surface area contributed by atoms with Gasteiger partial charge >= 0.3 is 5.69 Å². The van der Waals surface area contributed by atoms with Crippen molar-refractivity contribution < 1.29 is 4.39 Å². The number of fused-ring (bicyclic) bond motifs is 3. The van der Waals surface area contributed by atoms with Crippen molar-refractivity contribution >= 4 is 34.4 Å². The van der Waals surface area contributed by atoms with Gasteiger partial charge in [0.1, 0.15) is 5.82 Å². The van der Waals surface area contributed by atoms with E-state index in [0.29, 0.717) is 35.2 Å². The van der Waals surface area contributed by atoms with Gasteiger partial charge in [0, 0.05) is 30.8 Å². The SMILES string of the molecule is Cn1c(=O)n(Cc2cccc(Cl)c2)c(=O)c2c1nc1n2CCCN1c1ccc(F)cc1. The zero-order valence-corrected chi connectivity index (χ0v) is 17.5. The molecule has 0 saturated carbocycles. The second kappa shape index (κ2) is 7.39. The number of hydrogen-bond acceptors (Lipinski definition) is 4. The summed E-state index contributed by atoms with van der Waals surface area (Å²) in [7, 11) is 1.61. The molecule has 5 rings (SSSR count). The zero-order valence-electron chi connectivity index (χ0n) is 16.8. The van der Waals surface area contributed by atoms with Crippen LogP contribution in [-0.4, -0.2) is 25.2 Å². The predicted molar refractivity (Wildman–Crippen MR) is 118 cm³/mol. The molecular formula is C22H19ClFN5O2. The average molecular weight is 440 g/mol. The smallest absolute Gasteiger partial charge is 0.312 e. The van der Waals surface area contributed by atoms with Gasteiger partial charge < -0.3 is 9.47 Å². The summed E-state index contributed by atoms with van der Waals surface area (Å²) in [6.45, 7) is 1.40. The largest absolute Gasteiger partial charge is 0.332 e. The molecule has 0 bridgehead atoms. The van der Waals surface area contributed by atoms with Crippen LogP contribution in [0.4, 0.5) is 16.0 Å². The minimum Gasteiger partial charge on any atom is -0.312 e. The maximum Gasteiger partial charge on any atom is 0.332 e. The standard InChI is InChI=1S/C22H19ClFN5O2/c1-26-19-18(20(30)29(22(26)31)13-14-4-2-5-15(23)12-14)28-11-3-10-27(21(28)25-19)17-8-6-16(24)7-9-17/h2,4-9,12H,3,10-11,13H2,1H3. The molecule has 0 radical (unpaired) electrons. The van der Waals surface area contributed by atoms with Crippen LogP contribution in [0, 0.1) is 5.82 Å². The van der Waals surface area contributed by atoms with Crippen LogP contribution >= 0.6 is 11.6 Å². The van der Waals surface area contributed by atoms with Crippen LogP contribution in [0.2, 0.25) is 5.02 Å². The van der Waals surface area contributed by atoms with Crippen LogP contribution in [0.15, 0.2) is 58.1 Å². The van der Waals surface area contributed by atoms with Gasteiger partial charge in [0.05, 0.1) is 6.54 Å². The third-order valence-electron chi connectivity index (χ3n) is 5.59. The van der Waals surface area contributed by atoms with E-state index in [2.05, 4.69) is 4.98 Å². The van der Waals surface area contributed by atoms with E-state index in [0.717, 1.165) is 17.7 Å².